The molecule has 2 aliphatic rings. The van der Waals surface area contributed by atoms with Crippen LogP contribution < -0.4 is 0 Å². The van der Waals surface area contributed by atoms with Crippen LogP contribution in [0.1, 0.15) is 43.4 Å². The third-order valence-corrected chi connectivity index (χ3v) is 4.12. The average molecular weight is 294 g/mol. The molecule has 7 heteroatoms. The van der Waals surface area contributed by atoms with Crippen molar-refractivity contribution in [1.82, 2.24) is 19.9 Å². The summed E-state index contributed by atoms with van der Waals surface area (Å²) in [6.45, 7) is 5.09. The number of hydrogen-bond acceptors (Lipinski definition) is 5. The molecule has 0 aliphatic carbocycles. The Balaban J connectivity index is 1.79. The lowest BCUT2D eigenvalue weighted by Gasteiger charge is -2.35. The van der Waals surface area contributed by atoms with Gasteiger partial charge in [-0.05, 0) is 12.8 Å². The van der Waals surface area contributed by atoms with E-state index in [-0.39, 0.29) is 12.1 Å². The summed E-state index contributed by atoms with van der Waals surface area (Å²) in [5, 5.41) is 4.04. The molecule has 7 nitrogen and oxygen atoms in total. The number of aromatic nitrogens is 2. The van der Waals surface area contributed by atoms with Gasteiger partial charge in [0, 0.05) is 26.6 Å². The molecule has 0 saturated carbocycles. The van der Waals surface area contributed by atoms with Crippen molar-refractivity contribution in [3.63, 3.8) is 0 Å². The molecule has 2 saturated heterocycles. The Hall–Kier alpha value is -1.63. The summed E-state index contributed by atoms with van der Waals surface area (Å²) in [6, 6.07) is 0.00736. The van der Waals surface area contributed by atoms with E-state index in [1.54, 1.807) is 6.92 Å². The Morgan fingerprint density at radius 3 is 2.71 bits per heavy atom. The summed E-state index contributed by atoms with van der Waals surface area (Å²) < 4.78 is 10.4. The number of likely N-dealkylation sites (tertiary alicyclic amines) is 1. The molecule has 0 N–H and O–H groups in total. The van der Waals surface area contributed by atoms with Gasteiger partial charge < -0.3 is 19.1 Å². The van der Waals surface area contributed by atoms with Crippen molar-refractivity contribution >= 4 is 6.03 Å². The van der Waals surface area contributed by atoms with Gasteiger partial charge in [-0.25, -0.2) is 4.79 Å². The molecule has 0 bridgehead atoms. The lowest BCUT2D eigenvalue weighted by Crippen LogP contribution is -2.49. The maximum atomic E-state index is 12.8. The van der Waals surface area contributed by atoms with Crippen LogP contribution in [0.25, 0.3) is 0 Å². The highest BCUT2D eigenvalue weighted by Crippen LogP contribution is 2.29. The number of rotatable bonds is 1. The molecule has 21 heavy (non-hydrogen) atoms. The first-order valence-electron chi connectivity index (χ1n) is 7.69. The Morgan fingerprint density at radius 1 is 1.19 bits per heavy atom. The minimum Gasteiger partial charge on any atom is -0.378 e. The van der Waals surface area contributed by atoms with Gasteiger partial charge in [-0.1, -0.05) is 18.0 Å². The molecule has 1 atom stereocenters. The van der Waals surface area contributed by atoms with E-state index in [0.717, 1.165) is 32.2 Å². The van der Waals surface area contributed by atoms with Crippen molar-refractivity contribution in [2.24, 2.45) is 0 Å². The summed E-state index contributed by atoms with van der Waals surface area (Å²) >= 11 is 0. The maximum absolute atomic E-state index is 12.8. The fraction of sp³-hybridized carbons (Fsp3) is 0.786. The highest BCUT2D eigenvalue weighted by atomic mass is 16.5. The number of carbonyl (C=O) groups excluding carboxylic acids is 1. The fourth-order valence-electron chi connectivity index (χ4n) is 2.99. The quantitative estimate of drug-likeness (QED) is 0.789. The molecule has 1 aromatic rings. The normalized spacial score (nSPS) is 24.0. The van der Waals surface area contributed by atoms with Crippen LogP contribution in [0.15, 0.2) is 4.52 Å². The van der Waals surface area contributed by atoms with Gasteiger partial charge in [-0.15, -0.1) is 0 Å². The number of amides is 2. The van der Waals surface area contributed by atoms with Crippen molar-refractivity contribution in [3.8, 4) is 0 Å². The van der Waals surface area contributed by atoms with Gasteiger partial charge in [0.2, 0.25) is 5.89 Å². The smallest absolute Gasteiger partial charge is 0.320 e. The van der Waals surface area contributed by atoms with Gasteiger partial charge in [-0.2, -0.15) is 4.98 Å². The Morgan fingerprint density at radius 2 is 2.00 bits per heavy atom. The summed E-state index contributed by atoms with van der Waals surface area (Å²) in [6.07, 6.45) is 4.16. The first kappa shape index (κ1) is 14.3. The molecule has 0 spiro atoms. The number of carbonyl (C=O) groups is 1. The van der Waals surface area contributed by atoms with E-state index < -0.39 is 0 Å². The number of morpholine rings is 1. The summed E-state index contributed by atoms with van der Waals surface area (Å²) in [5.41, 5.74) is 0. The zero-order valence-electron chi connectivity index (χ0n) is 12.5. The van der Waals surface area contributed by atoms with Crippen molar-refractivity contribution in [2.45, 2.75) is 38.6 Å². The van der Waals surface area contributed by atoms with Crippen LogP contribution in [0, 0.1) is 6.92 Å². The second kappa shape index (κ2) is 6.43. The van der Waals surface area contributed by atoms with E-state index in [1.807, 2.05) is 9.80 Å². The SMILES string of the molecule is Cc1nc([C@@H]2CCCCCN2C(=O)N2CCOCC2)no1. The predicted octanol–water partition coefficient (Wildman–Crippen LogP) is 1.75. The van der Waals surface area contributed by atoms with Crippen LogP contribution >= 0.6 is 0 Å². The average Bonchev–Trinajstić information content (AvgIpc) is 2.80. The number of nitrogens with zero attached hydrogens (tertiary/aromatic N) is 4. The van der Waals surface area contributed by atoms with Crippen LogP contribution in [0.3, 0.4) is 0 Å². The lowest BCUT2D eigenvalue weighted by molar-refractivity contribution is 0.0387. The minimum atomic E-state index is -0.0692. The zero-order valence-corrected chi connectivity index (χ0v) is 12.5. The van der Waals surface area contributed by atoms with Gasteiger partial charge in [0.05, 0.1) is 19.3 Å². The van der Waals surface area contributed by atoms with Crippen LogP contribution in [-0.2, 0) is 4.74 Å². The third kappa shape index (κ3) is 3.18. The molecule has 3 rings (SSSR count). The van der Waals surface area contributed by atoms with Gasteiger partial charge in [0.1, 0.15) is 0 Å². The molecule has 1 aromatic heterocycles. The summed E-state index contributed by atoms with van der Waals surface area (Å²) in [5.74, 6) is 1.18. The van der Waals surface area contributed by atoms with E-state index in [1.165, 1.54) is 0 Å². The molecule has 0 radical (unpaired) electrons. The summed E-state index contributed by atoms with van der Waals surface area (Å²) in [7, 11) is 0. The second-order valence-corrected chi connectivity index (χ2v) is 5.61. The first-order valence-corrected chi connectivity index (χ1v) is 7.69. The molecule has 0 unspecified atom stereocenters. The van der Waals surface area contributed by atoms with Crippen molar-refractivity contribution in [3.05, 3.63) is 11.7 Å². The van der Waals surface area contributed by atoms with Crippen molar-refractivity contribution in [2.75, 3.05) is 32.8 Å². The highest BCUT2D eigenvalue weighted by Gasteiger charge is 2.33. The number of ether oxygens (including phenoxy) is 1. The van der Waals surface area contributed by atoms with Crippen LogP contribution in [0.2, 0.25) is 0 Å². The zero-order chi connectivity index (χ0) is 14.7. The molecule has 2 fully saturated rings. The highest BCUT2D eigenvalue weighted by molar-refractivity contribution is 5.75. The van der Waals surface area contributed by atoms with Gasteiger partial charge in [0.15, 0.2) is 5.82 Å². The molecular weight excluding hydrogens is 272 g/mol. The van der Waals surface area contributed by atoms with E-state index in [4.69, 9.17) is 9.26 Å². The van der Waals surface area contributed by atoms with E-state index >= 15 is 0 Å². The Bertz CT molecular complexity index is 484. The number of hydrogen-bond donors (Lipinski definition) is 0. The van der Waals surface area contributed by atoms with Gasteiger partial charge >= 0.3 is 6.03 Å². The predicted molar refractivity (Wildman–Crippen MR) is 74.7 cm³/mol. The van der Waals surface area contributed by atoms with Crippen molar-refractivity contribution in [1.29, 1.82) is 0 Å². The Labute approximate surface area is 124 Å². The van der Waals surface area contributed by atoms with Crippen LogP contribution in [0.4, 0.5) is 4.79 Å². The van der Waals surface area contributed by atoms with E-state index in [2.05, 4.69) is 10.1 Å². The monoisotopic (exact) mass is 294 g/mol. The van der Waals surface area contributed by atoms with Crippen molar-refractivity contribution < 1.29 is 14.1 Å². The third-order valence-electron chi connectivity index (χ3n) is 4.12. The number of aryl methyl sites for hydroxylation is 1. The Kier molecular flexibility index (Phi) is 4.38. The molecule has 2 amide bonds. The van der Waals surface area contributed by atoms with Crippen LogP contribution in [-0.4, -0.2) is 58.8 Å². The molecule has 116 valence electrons. The molecule has 0 aromatic carbocycles. The number of urea groups is 1. The van der Waals surface area contributed by atoms with E-state index in [0.29, 0.717) is 38.0 Å². The summed E-state index contributed by atoms with van der Waals surface area (Å²) in [4.78, 5) is 20.9. The molecule has 3 heterocycles. The second-order valence-electron chi connectivity index (χ2n) is 5.61. The maximum Gasteiger partial charge on any atom is 0.320 e. The minimum absolute atomic E-state index is 0.0692. The van der Waals surface area contributed by atoms with E-state index in [9.17, 15) is 4.79 Å². The fourth-order valence-corrected chi connectivity index (χ4v) is 2.99. The molecule has 2 aliphatic heterocycles. The van der Waals surface area contributed by atoms with Gasteiger partial charge in [0.25, 0.3) is 0 Å². The standard InChI is InChI=1S/C14H22N4O3/c1-11-15-13(16-21-11)12-5-3-2-4-6-18(12)14(19)17-7-9-20-10-8-17/h12H,2-10H2,1H3/t12-/m0/s1. The lowest BCUT2D eigenvalue weighted by atomic mass is 10.1. The first-order chi connectivity index (χ1) is 10.3. The largest absolute Gasteiger partial charge is 0.378 e. The van der Waals surface area contributed by atoms with Gasteiger partial charge in [-0.3, -0.25) is 0 Å². The van der Waals surface area contributed by atoms with Crippen LogP contribution in [0.5, 0.6) is 0 Å². The topological polar surface area (TPSA) is 71.7 Å². The molecular formula is C14H22N4O3.